The fourth-order valence-electron chi connectivity index (χ4n) is 3.07. The number of nitriles is 1. The minimum absolute atomic E-state index is 0.105. The van der Waals surface area contributed by atoms with Crippen molar-refractivity contribution in [2.45, 2.75) is 0 Å². The summed E-state index contributed by atoms with van der Waals surface area (Å²) < 4.78 is 9.87. The van der Waals surface area contributed by atoms with Crippen LogP contribution in [-0.4, -0.2) is 40.9 Å². The minimum atomic E-state index is -1.00. The van der Waals surface area contributed by atoms with Gasteiger partial charge in [-0.2, -0.15) is 5.26 Å². The van der Waals surface area contributed by atoms with Gasteiger partial charge in [0.05, 0.1) is 29.6 Å². The Labute approximate surface area is 197 Å². The number of rotatable bonds is 7. The lowest BCUT2D eigenvalue weighted by molar-refractivity contribution is -0.385. The fourth-order valence-corrected chi connectivity index (χ4v) is 3.07. The molecule has 0 aliphatic heterocycles. The first-order chi connectivity index (χ1) is 16.7. The zero-order chi connectivity index (χ0) is 25.7. The molecule has 0 atom stereocenters. The SMILES string of the molecule is COc1ccc(C(=O)N(C(=O)c2ccc(OC)c([N+](=O)[O-])c2)c2ccc(C#N)cn2)cc1[N+](=O)[O-]. The molecule has 2 aromatic carbocycles. The minimum Gasteiger partial charge on any atom is -0.490 e. The Morgan fingerprint density at radius 3 is 1.71 bits per heavy atom. The summed E-state index contributed by atoms with van der Waals surface area (Å²) in [6, 6.07) is 11.1. The molecule has 0 aliphatic rings. The Balaban J connectivity index is 2.16. The van der Waals surface area contributed by atoms with Crippen LogP contribution >= 0.6 is 0 Å². The first-order valence-corrected chi connectivity index (χ1v) is 9.61. The molecule has 0 spiro atoms. The van der Waals surface area contributed by atoms with E-state index in [9.17, 15) is 29.8 Å². The highest BCUT2D eigenvalue weighted by Gasteiger charge is 2.30. The number of methoxy groups -OCH3 is 2. The van der Waals surface area contributed by atoms with Gasteiger partial charge in [0.15, 0.2) is 11.5 Å². The molecule has 0 saturated carbocycles. The highest BCUT2D eigenvalue weighted by atomic mass is 16.6. The molecule has 2 amide bonds. The summed E-state index contributed by atoms with van der Waals surface area (Å²) in [5.74, 6) is -2.43. The molecule has 1 heterocycles. The lowest BCUT2D eigenvalue weighted by Gasteiger charge is -2.20. The second-order valence-corrected chi connectivity index (χ2v) is 6.75. The molecule has 13 heteroatoms. The Kier molecular flexibility index (Phi) is 6.96. The molecule has 0 unspecified atom stereocenters. The normalized spacial score (nSPS) is 10.1. The lowest BCUT2D eigenvalue weighted by Crippen LogP contribution is -2.37. The average Bonchev–Trinajstić information content (AvgIpc) is 2.88. The average molecular weight is 477 g/mol. The van der Waals surface area contributed by atoms with Gasteiger partial charge in [-0.1, -0.05) is 0 Å². The summed E-state index contributed by atoms with van der Waals surface area (Å²) in [6.07, 6.45) is 1.12. The van der Waals surface area contributed by atoms with Crippen LogP contribution in [0.5, 0.6) is 11.5 Å². The number of amides is 2. The molecule has 1 aromatic heterocycles. The van der Waals surface area contributed by atoms with Gasteiger partial charge in [0, 0.05) is 29.5 Å². The Hall–Kier alpha value is -5.38. The smallest absolute Gasteiger partial charge is 0.311 e. The number of imide groups is 1. The molecule has 0 N–H and O–H groups in total. The van der Waals surface area contributed by atoms with E-state index in [1.165, 1.54) is 50.6 Å². The monoisotopic (exact) mass is 477 g/mol. The van der Waals surface area contributed by atoms with Crippen molar-refractivity contribution in [3.05, 3.63) is 91.6 Å². The van der Waals surface area contributed by atoms with Crippen molar-refractivity contribution in [1.82, 2.24) is 4.98 Å². The maximum Gasteiger partial charge on any atom is 0.311 e. The number of benzene rings is 2. The number of nitrogens with zero attached hydrogens (tertiary/aromatic N) is 5. The number of carbonyl (C=O) groups is 2. The van der Waals surface area contributed by atoms with Crippen molar-refractivity contribution in [3.63, 3.8) is 0 Å². The maximum atomic E-state index is 13.4. The van der Waals surface area contributed by atoms with E-state index in [4.69, 9.17) is 14.7 Å². The molecular weight excluding hydrogens is 462 g/mol. The highest BCUT2D eigenvalue weighted by Crippen LogP contribution is 2.31. The third kappa shape index (κ3) is 4.86. The maximum absolute atomic E-state index is 13.4. The van der Waals surface area contributed by atoms with E-state index in [1.807, 2.05) is 6.07 Å². The van der Waals surface area contributed by atoms with E-state index in [1.54, 1.807) is 0 Å². The standard InChI is InChI=1S/C22H15N5O8/c1-34-18-6-4-14(9-16(18)26(30)31)21(28)25(20-8-3-13(11-23)12-24-20)22(29)15-5-7-19(35-2)17(10-15)27(32)33/h3-10,12H,1-2H3. The predicted octanol–water partition coefficient (Wildman–Crippen LogP) is 3.27. The van der Waals surface area contributed by atoms with E-state index in [0.29, 0.717) is 4.90 Å². The lowest BCUT2D eigenvalue weighted by atomic mass is 10.1. The number of pyridine rings is 1. The van der Waals surface area contributed by atoms with Gasteiger partial charge in [-0.25, -0.2) is 9.88 Å². The van der Waals surface area contributed by atoms with Crippen LogP contribution in [-0.2, 0) is 0 Å². The molecule has 0 radical (unpaired) electrons. The van der Waals surface area contributed by atoms with Crippen LogP contribution in [0, 0.1) is 31.6 Å². The van der Waals surface area contributed by atoms with Crippen LogP contribution < -0.4 is 14.4 Å². The number of carbonyl (C=O) groups excluding carboxylic acids is 2. The van der Waals surface area contributed by atoms with Gasteiger partial charge in [-0.05, 0) is 36.4 Å². The molecule has 13 nitrogen and oxygen atoms in total. The molecule has 0 aliphatic carbocycles. The van der Waals surface area contributed by atoms with Crippen molar-refractivity contribution in [3.8, 4) is 17.6 Å². The molecule has 176 valence electrons. The molecule has 0 fully saturated rings. The Bertz CT molecular complexity index is 1300. The van der Waals surface area contributed by atoms with Gasteiger partial charge in [0.25, 0.3) is 11.8 Å². The van der Waals surface area contributed by atoms with Gasteiger partial charge in [0.1, 0.15) is 11.9 Å². The van der Waals surface area contributed by atoms with Crippen LogP contribution in [0.25, 0.3) is 0 Å². The third-order valence-electron chi connectivity index (χ3n) is 4.76. The van der Waals surface area contributed by atoms with Crippen molar-refractivity contribution < 1.29 is 28.9 Å². The number of nitro groups is 2. The number of ether oxygens (including phenoxy) is 2. The van der Waals surface area contributed by atoms with E-state index >= 15 is 0 Å². The first kappa shape index (κ1) is 24.3. The highest BCUT2D eigenvalue weighted by molar-refractivity contribution is 6.25. The van der Waals surface area contributed by atoms with Gasteiger partial charge in [0.2, 0.25) is 0 Å². The number of nitro benzene ring substituents is 2. The predicted molar refractivity (Wildman–Crippen MR) is 119 cm³/mol. The summed E-state index contributed by atoms with van der Waals surface area (Å²) in [5.41, 5.74) is -1.38. The second kappa shape index (κ2) is 10.0. The van der Waals surface area contributed by atoms with E-state index in [2.05, 4.69) is 4.98 Å². The van der Waals surface area contributed by atoms with E-state index in [0.717, 1.165) is 18.3 Å². The van der Waals surface area contributed by atoms with Crippen molar-refractivity contribution in [2.75, 3.05) is 19.1 Å². The van der Waals surface area contributed by atoms with Crippen LogP contribution in [0.4, 0.5) is 17.2 Å². The molecule has 3 aromatic rings. The van der Waals surface area contributed by atoms with Crippen LogP contribution in [0.3, 0.4) is 0 Å². The summed E-state index contributed by atoms with van der Waals surface area (Å²) in [6.45, 7) is 0. The quantitative estimate of drug-likeness (QED) is 0.278. The fraction of sp³-hybridized carbons (Fsp3) is 0.0909. The van der Waals surface area contributed by atoms with Crippen molar-refractivity contribution in [2.24, 2.45) is 0 Å². The summed E-state index contributed by atoms with van der Waals surface area (Å²) in [4.78, 5) is 52.7. The van der Waals surface area contributed by atoms with Crippen LogP contribution in [0.1, 0.15) is 26.3 Å². The number of hydrogen-bond donors (Lipinski definition) is 0. The Morgan fingerprint density at radius 1 is 0.886 bits per heavy atom. The van der Waals surface area contributed by atoms with Crippen molar-refractivity contribution in [1.29, 1.82) is 5.26 Å². The zero-order valence-electron chi connectivity index (χ0n) is 18.2. The zero-order valence-corrected chi connectivity index (χ0v) is 18.2. The topological polar surface area (TPSA) is 179 Å². The van der Waals surface area contributed by atoms with Crippen LogP contribution in [0.15, 0.2) is 54.7 Å². The summed E-state index contributed by atoms with van der Waals surface area (Å²) in [7, 11) is 2.44. The molecule has 3 rings (SSSR count). The Morgan fingerprint density at radius 2 is 1.37 bits per heavy atom. The third-order valence-corrected chi connectivity index (χ3v) is 4.76. The van der Waals surface area contributed by atoms with Gasteiger partial charge in [-0.15, -0.1) is 0 Å². The summed E-state index contributed by atoms with van der Waals surface area (Å²) in [5, 5.41) is 31.8. The molecule has 0 saturated heterocycles. The van der Waals surface area contributed by atoms with E-state index in [-0.39, 0.29) is 34.0 Å². The number of aromatic nitrogens is 1. The second-order valence-electron chi connectivity index (χ2n) is 6.75. The molecule has 0 bridgehead atoms. The number of anilines is 1. The molecular formula is C22H15N5O8. The van der Waals surface area contributed by atoms with Crippen molar-refractivity contribution >= 4 is 29.0 Å². The van der Waals surface area contributed by atoms with Crippen LogP contribution in [0.2, 0.25) is 0 Å². The van der Waals surface area contributed by atoms with E-state index < -0.39 is 33.0 Å². The van der Waals surface area contributed by atoms with Gasteiger partial charge >= 0.3 is 11.4 Å². The number of hydrogen-bond acceptors (Lipinski definition) is 10. The van der Waals surface area contributed by atoms with Gasteiger partial charge in [-0.3, -0.25) is 29.8 Å². The molecule has 35 heavy (non-hydrogen) atoms. The van der Waals surface area contributed by atoms with Gasteiger partial charge < -0.3 is 9.47 Å². The first-order valence-electron chi connectivity index (χ1n) is 9.61. The largest absolute Gasteiger partial charge is 0.490 e. The summed E-state index contributed by atoms with van der Waals surface area (Å²) >= 11 is 0.